The summed E-state index contributed by atoms with van der Waals surface area (Å²) < 4.78 is 38.2. The van der Waals surface area contributed by atoms with Gasteiger partial charge in [0.2, 0.25) is 5.88 Å². The van der Waals surface area contributed by atoms with Crippen LogP contribution in [0, 0.1) is 0 Å². The summed E-state index contributed by atoms with van der Waals surface area (Å²) in [5.41, 5.74) is 3.91. The monoisotopic (exact) mass is 451 g/mol. The minimum absolute atomic E-state index is 0.0397. The van der Waals surface area contributed by atoms with Crippen molar-refractivity contribution in [3.8, 4) is 22.9 Å². The van der Waals surface area contributed by atoms with Gasteiger partial charge in [-0.3, -0.25) is 19.7 Å². The number of aryl methyl sites for hydroxylation is 1. The Bertz CT molecular complexity index is 1430. The second kappa shape index (κ2) is 8.41. The maximum absolute atomic E-state index is 12.6. The fourth-order valence-electron chi connectivity index (χ4n) is 3.57. The van der Waals surface area contributed by atoms with Gasteiger partial charge in [-0.25, -0.2) is 13.8 Å². The molecule has 5 rings (SSSR count). The molecule has 0 amide bonds. The summed E-state index contributed by atoms with van der Waals surface area (Å²) >= 11 is 0. The lowest BCUT2D eigenvalue weighted by molar-refractivity contribution is 0.0793. The van der Waals surface area contributed by atoms with Crippen LogP contribution in [0.4, 0.5) is 8.78 Å². The van der Waals surface area contributed by atoms with Crippen LogP contribution >= 0.6 is 0 Å². The molecule has 1 N–H and O–H groups in total. The largest absolute Gasteiger partial charge is 0.484 e. The van der Waals surface area contributed by atoms with Crippen molar-refractivity contribution in [2.45, 2.75) is 19.5 Å². The van der Waals surface area contributed by atoms with E-state index in [2.05, 4.69) is 30.2 Å². The molecule has 0 saturated carbocycles. The molecule has 0 fully saturated rings. The molecule has 4 heterocycles. The van der Waals surface area contributed by atoms with Gasteiger partial charge in [0.25, 0.3) is 6.43 Å². The zero-order valence-corrected chi connectivity index (χ0v) is 17.7. The van der Waals surface area contributed by atoms with Gasteiger partial charge in [-0.2, -0.15) is 10.2 Å². The number of hydrogen-bond donors (Lipinski definition) is 1. The number of aromatic amines is 1. The van der Waals surface area contributed by atoms with Crippen LogP contribution in [0.3, 0.4) is 0 Å². The first-order valence-electron chi connectivity index (χ1n) is 10.1. The maximum atomic E-state index is 12.6. The van der Waals surface area contributed by atoms with Crippen LogP contribution in [0.25, 0.3) is 33.2 Å². The van der Waals surface area contributed by atoms with Crippen LogP contribution in [0.2, 0.25) is 0 Å². The Kier molecular flexibility index (Phi) is 5.29. The molecule has 0 aliphatic heterocycles. The van der Waals surface area contributed by atoms with E-state index < -0.39 is 19.1 Å². The Hall–Kier alpha value is -4.15. The number of pyridine rings is 1. The Morgan fingerprint density at radius 3 is 2.79 bits per heavy atom. The summed E-state index contributed by atoms with van der Waals surface area (Å²) in [7, 11) is 1.84. The van der Waals surface area contributed by atoms with Crippen LogP contribution in [0.5, 0.6) is 11.6 Å². The lowest BCUT2D eigenvalue weighted by Gasteiger charge is -2.17. The fraction of sp³-hybridized carbons (Fsp3) is 0.227. The second-order valence-corrected chi connectivity index (χ2v) is 7.41. The average Bonchev–Trinajstić information content (AvgIpc) is 3.42. The van der Waals surface area contributed by atoms with Gasteiger partial charge in [-0.05, 0) is 25.1 Å². The highest BCUT2D eigenvalue weighted by Gasteiger charge is 2.19. The van der Waals surface area contributed by atoms with Gasteiger partial charge in [0.15, 0.2) is 6.61 Å². The van der Waals surface area contributed by atoms with Crippen LogP contribution < -0.4 is 9.47 Å². The highest BCUT2D eigenvalue weighted by atomic mass is 19.3. The molecule has 1 atom stereocenters. The van der Waals surface area contributed by atoms with Crippen molar-refractivity contribution < 1.29 is 18.3 Å². The molecule has 11 heteroatoms. The summed E-state index contributed by atoms with van der Waals surface area (Å²) in [6.07, 6.45) is 3.50. The molecule has 0 aliphatic carbocycles. The number of aromatic nitrogens is 7. The van der Waals surface area contributed by atoms with E-state index in [4.69, 9.17) is 9.47 Å². The fourth-order valence-corrected chi connectivity index (χ4v) is 3.57. The van der Waals surface area contributed by atoms with E-state index >= 15 is 0 Å². The second-order valence-electron chi connectivity index (χ2n) is 7.41. The van der Waals surface area contributed by atoms with E-state index in [1.54, 1.807) is 17.8 Å². The first-order valence-corrected chi connectivity index (χ1v) is 10.1. The number of benzene rings is 1. The summed E-state index contributed by atoms with van der Waals surface area (Å²) in [4.78, 5) is 13.0. The predicted octanol–water partition coefficient (Wildman–Crippen LogP) is 4.09. The smallest absolute Gasteiger partial charge is 0.272 e. The Labute approximate surface area is 186 Å². The van der Waals surface area contributed by atoms with Crippen LogP contribution in [0.15, 0.2) is 49.1 Å². The van der Waals surface area contributed by atoms with Gasteiger partial charge in [-0.15, -0.1) is 0 Å². The molecule has 0 aliphatic rings. The normalized spacial score (nSPS) is 12.5. The van der Waals surface area contributed by atoms with Crippen molar-refractivity contribution in [2.24, 2.45) is 7.05 Å². The zero-order valence-electron chi connectivity index (χ0n) is 17.7. The van der Waals surface area contributed by atoms with Gasteiger partial charge in [-0.1, -0.05) is 0 Å². The van der Waals surface area contributed by atoms with Crippen molar-refractivity contribution in [3.05, 3.63) is 54.7 Å². The van der Waals surface area contributed by atoms with E-state index in [1.165, 1.54) is 18.5 Å². The maximum Gasteiger partial charge on any atom is 0.272 e. The SMILES string of the molecule is CC(Oc1ccc2[nH]nc(-c3cnn(C)c3)c2c1)c1nc(OCC(F)F)cc2nccnc12. The summed E-state index contributed by atoms with van der Waals surface area (Å²) in [6, 6.07) is 7.05. The molecular formula is C22H19F2N7O2. The number of nitrogens with one attached hydrogen (secondary N) is 1. The first kappa shape index (κ1) is 20.7. The molecule has 33 heavy (non-hydrogen) atoms. The number of rotatable bonds is 7. The number of nitrogens with zero attached hydrogens (tertiary/aromatic N) is 6. The molecule has 4 aromatic heterocycles. The van der Waals surface area contributed by atoms with Crippen molar-refractivity contribution >= 4 is 21.9 Å². The Morgan fingerprint density at radius 2 is 2.00 bits per heavy atom. The zero-order chi connectivity index (χ0) is 22.9. The number of halogens is 2. The number of H-pyrrole nitrogens is 1. The third-order valence-electron chi connectivity index (χ3n) is 5.03. The lowest BCUT2D eigenvalue weighted by atomic mass is 10.1. The van der Waals surface area contributed by atoms with E-state index in [0.29, 0.717) is 22.5 Å². The predicted molar refractivity (Wildman–Crippen MR) is 116 cm³/mol. The first-order chi connectivity index (χ1) is 16.0. The molecule has 0 spiro atoms. The number of hydrogen-bond acceptors (Lipinski definition) is 7. The third kappa shape index (κ3) is 4.16. The highest BCUT2D eigenvalue weighted by molar-refractivity contribution is 5.93. The molecule has 1 unspecified atom stereocenters. The summed E-state index contributed by atoms with van der Waals surface area (Å²) in [5.74, 6) is 0.622. The number of fused-ring (bicyclic) bond motifs is 2. The molecule has 0 radical (unpaired) electrons. The van der Waals surface area contributed by atoms with E-state index in [-0.39, 0.29) is 5.88 Å². The Balaban J connectivity index is 1.48. The van der Waals surface area contributed by atoms with Gasteiger partial charge in [0.05, 0.1) is 17.2 Å². The minimum atomic E-state index is -2.61. The van der Waals surface area contributed by atoms with Crippen LogP contribution in [-0.4, -0.2) is 48.0 Å². The molecule has 168 valence electrons. The average molecular weight is 451 g/mol. The summed E-state index contributed by atoms with van der Waals surface area (Å²) in [5, 5.41) is 12.5. The molecule has 0 bridgehead atoms. The topological polar surface area (TPSA) is 104 Å². The molecule has 5 aromatic rings. The molecule has 9 nitrogen and oxygen atoms in total. The van der Waals surface area contributed by atoms with Crippen molar-refractivity contribution in [1.82, 2.24) is 34.9 Å². The van der Waals surface area contributed by atoms with Crippen molar-refractivity contribution in [2.75, 3.05) is 6.61 Å². The van der Waals surface area contributed by atoms with Gasteiger partial charge >= 0.3 is 0 Å². The number of alkyl halides is 2. The van der Waals surface area contributed by atoms with Gasteiger partial charge in [0.1, 0.15) is 28.8 Å². The van der Waals surface area contributed by atoms with Crippen LogP contribution in [0.1, 0.15) is 18.7 Å². The molecule has 1 aromatic carbocycles. The molecule has 0 saturated heterocycles. The highest BCUT2D eigenvalue weighted by Crippen LogP contribution is 2.32. The van der Waals surface area contributed by atoms with Gasteiger partial charge in [0, 0.05) is 42.7 Å². The lowest BCUT2D eigenvalue weighted by Crippen LogP contribution is -2.12. The Morgan fingerprint density at radius 1 is 1.15 bits per heavy atom. The third-order valence-corrected chi connectivity index (χ3v) is 5.03. The number of ether oxygens (including phenoxy) is 2. The quantitative estimate of drug-likeness (QED) is 0.398. The van der Waals surface area contributed by atoms with Gasteiger partial charge < -0.3 is 9.47 Å². The molecular weight excluding hydrogens is 432 g/mol. The minimum Gasteiger partial charge on any atom is -0.484 e. The van der Waals surface area contributed by atoms with E-state index in [9.17, 15) is 8.78 Å². The van der Waals surface area contributed by atoms with E-state index in [0.717, 1.165) is 22.2 Å². The van der Waals surface area contributed by atoms with Crippen molar-refractivity contribution in [3.63, 3.8) is 0 Å². The summed E-state index contributed by atoms with van der Waals surface area (Å²) in [6.45, 7) is 1.04. The van der Waals surface area contributed by atoms with Crippen molar-refractivity contribution in [1.29, 1.82) is 0 Å². The van der Waals surface area contributed by atoms with Crippen LogP contribution in [-0.2, 0) is 7.05 Å². The van der Waals surface area contributed by atoms with E-state index in [1.807, 2.05) is 31.4 Å². The standard InChI is InChI=1S/C22H19F2N7O2/c1-12(20-22-17(25-5-6-26-22)8-19(28-20)32-11-18(23)24)33-14-3-4-16-15(7-14)21(30-29-16)13-9-27-31(2)10-13/h3-10,12,18H,11H2,1-2H3,(H,29,30).